The smallest absolute Gasteiger partial charge is 0.254 e. The highest BCUT2D eigenvalue weighted by molar-refractivity contribution is 7.10. The number of nitrogens with zero attached hydrogens (tertiary/aromatic N) is 2. The first-order valence-corrected chi connectivity index (χ1v) is 13.8. The first-order valence-electron chi connectivity index (χ1n) is 12.2. The number of carbonyl (C=O) groups excluding carboxylic acids is 2. The van der Waals surface area contributed by atoms with Crippen molar-refractivity contribution in [3.05, 3.63) is 79.5 Å². The lowest BCUT2D eigenvalue weighted by molar-refractivity contribution is -0.133. The van der Waals surface area contributed by atoms with Gasteiger partial charge in [-0.25, -0.2) is 0 Å². The van der Waals surface area contributed by atoms with Crippen molar-refractivity contribution in [3.8, 4) is 11.5 Å². The van der Waals surface area contributed by atoms with Gasteiger partial charge in [-0.05, 0) is 65.7 Å². The summed E-state index contributed by atoms with van der Waals surface area (Å²) in [5.74, 6) is 1.21. The standard InChI is InChI=1S/C28H30Cl2N2O4S/c1-4-18(2)13-32(28(34)21-6-7-22(29)23(30)12-21)16-27(33)31(15-26-19(3)9-10-37-26)14-20-5-8-24-25(11-20)36-17-35-24/h5-12,18H,4,13-17H2,1-3H3/t18-/m1/s1. The lowest BCUT2D eigenvalue weighted by Gasteiger charge is -2.29. The molecule has 0 saturated heterocycles. The molecule has 1 aliphatic heterocycles. The molecule has 1 aromatic heterocycles. The van der Waals surface area contributed by atoms with Gasteiger partial charge in [0.25, 0.3) is 5.91 Å². The van der Waals surface area contributed by atoms with E-state index in [9.17, 15) is 9.59 Å². The monoisotopic (exact) mass is 560 g/mol. The molecule has 9 heteroatoms. The van der Waals surface area contributed by atoms with Crippen LogP contribution in [0.5, 0.6) is 11.5 Å². The van der Waals surface area contributed by atoms with Crippen molar-refractivity contribution < 1.29 is 19.1 Å². The third-order valence-corrected chi connectivity index (χ3v) is 8.22. The zero-order chi connectivity index (χ0) is 26.5. The molecule has 1 aliphatic rings. The predicted octanol–water partition coefficient (Wildman–Crippen LogP) is 6.81. The summed E-state index contributed by atoms with van der Waals surface area (Å²) in [4.78, 5) is 31.8. The third-order valence-electron chi connectivity index (χ3n) is 6.47. The van der Waals surface area contributed by atoms with Crippen molar-refractivity contribution in [1.29, 1.82) is 0 Å². The number of carbonyl (C=O) groups is 2. The number of aryl methyl sites for hydroxylation is 1. The minimum absolute atomic E-state index is 0.0433. The van der Waals surface area contributed by atoms with Gasteiger partial charge in [0.15, 0.2) is 11.5 Å². The second kappa shape index (κ2) is 12.2. The maximum atomic E-state index is 13.8. The fourth-order valence-corrected chi connectivity index (χ4v) is 5.25. The molecule has 2 heterocycles. The molecule has 196 valence electrons. The van der Waals surface area contributed by atoms with Gasteiger partial charge < -0.3 is 19.3 Å². The Balaban J connectivity index is 1.59. The van der Waals surface area contributed by atoms with Crippen molar-refractivity contribution in [2.75, 3.05) is 19.9 Å². The van der Waals surface area contributed by atoms with Crippen molar-refractivity contribution in [1.82, 2.24) is 9.80 Å². The molecule has 4 rings (SSSR count). The van der Waals surface area contributed by atoms with Gasteiger partial charge in [-0.3, -0.25) is 9.59 Å². The fraction of sp³-hybridized carbons (Fsp3) is 0.357. The van der Waals surface area contributed by atoms with Gasteiger partial charge in [0.05, 0.1) is 16.6 Å². The summed E-state index contributed by atoms with van der Waals surface area (Å²) in [5, 5.41) is 2.71. The Kier molecular flexibility index (Phi) is 9.00. The van der Waals surface area contributed by atoms with E-state index in [4.69, 9.17) is 32.7 Å². The molecule has 1 atom stereocenters. The van der Waals surface area contributed by atoms with Crippen molar-refractivity contribution in [3.63, 3.8) is 0 Å². The SMILES string of the molecule is CC[C@@H](C)CN(CC(=O)N(Cc1ccc2c(c1)OCO2)Cc1sccc1C)C(=O)c1ccc(Cl)c(Cl)c1. The summed E-state index contributed by atoms with van der Waals surface area (Å²) in [7, 11) is 0. The molecule has 0 spiro atoms. The first kappa shape index (κ1) is 27.3. The van der Waals surface area contributed by atoms with E-state index in [0.717, 1.165) is 22.4 Å². The van der Waals surface area contributed by atoms with Crippen LogP contribution < -0.4 is 9.47 Å². The van der Waals surface area contributed by atoms with Crippen LogP contribution in [0.1, 0.15) is 46.6 Å². The summed E-state index contributed by atoms with van der Waals surface area (Å²) in [6.45, 7) is 7.61. The predicted molar refractivity (Wildman–Crippen MR) is 148 cm³/mol. The van der Waals surface area contributed by atoms with E-state index in [1.54, 1.807) is 39.3 Å². The van der Waals surface area contributed by atoms with Crippen LogP contribution in [0.15, 0.2) is 47.8 Å². The highest BCUT2D eigenvalue weighted by Gasteiger charge is 2.25. The molecule has 3 aromatic rings. The number of amides is 2. The van der Waals surface area contributed by atoms with E-state index in [1.807, 2.05) is 36.6 Å². The van der Waals surface area contributed by atoms with Crippen LogP contribution in [-0.2, 0) is 17.9 Å². The second-order valence-corrected chi connectivity index (χ2v) is 11.1. The van der Waals surface area contributed by atoms with Crippen LogP contribution in [0.2, 0.25) is 10.0 Å². The zero-order valence-corrected chi connectivity index (χ0v) is 23.5. The third kappa shape index (κ3) is 6.78. The van der Waals surface area contributed by atoms with Crippen molar-refractivity contribution >= 4 is 46.4 Å². The lowest BCUT2D eigenvalue weighted by Crippen LogP contribution is -2.44. The zero-order valence-electron chi connectivity index (χ0n) is 21.1. The number of rotatable bonds is 10. The molecule has 0 unspecified atom stereocenters. The molecule has 0 radical (unpaired) electrons. The van der Waals surface area contributed by atoms with Crippen molar-refractivity contribution in [2.24, 2.45) is 5.92 Å². The summed E-state index contributed by atoms with van der Waals surface area (Å²) in [6.07, 6.45) is 0.884. The normalized spacial score (nSPS) is 12.9. The number of halogens is 2. The summed E-state index contributed by atoms with van der Waals surface area (Å²) >= 11 is 13.9. The number of fused-ring (bicyclic) bond motifs is 1. The van der Waals surface area contributed by atoms with Gasteiger partial charge in [-0.15, -0.1) is 11.3 Å². The molecule has 6 nitrogen and oxygen atoms in total. The first-order chi connectivity index (χ1) is 17.7. The largest absolute Gasteiger partial charge is 0.454 e. The Hall–Kier alpha value is -2.74. The summed E-state index contributed by atoms with van der Waals surface area (Å²) < 4.78 is 11.0. The van der Waals surface area contributed by atoms with Crippen LogP contribution in [-0.4, -0.2) is 41.5 Å². The van der Waals surface area contributed by atoms with E-state index in [0.29, 0.717) is 46.7 Å². The van der Waals surface area contributed by atoms with Crippen LogP contribution in [0.25, 0.3) is 0 Å². The number of hydrogen-bond donors (Lipinski definition) is 0. The molecule has 0 fully saturated rings. The van der Waals surface area contributed by atoms with E-state index in [-0.39, 0.29) is 31.1 Å². The highest BCUT2D eigenvalue weighted by Crippen LogP contribution is 2.33. The average molecular weight is 562 g/mol. The average Bonchev–Trinajstić information content (AvgIpc) is 3.52. The van der Waals surface area contributed by atoms with Gasteiger partial charge >= 0.3 is 0 Å². The molecular weight excluding hydrogens is 531 g/mol. The minimum Gasteiger partial charge on any atom is -0.454 e. The molecule has 37 heavy (non-hydrogen) atoms. The van der Waals surface area contributed by atoms with Crippen LogP contribution in [0.3, 0.4) is 0 Å². The lowest BCUT2D eigenvalue weighted by atomic mass is 10.1. The minimum atomic E-state index is -0.248. The van der Waals surface area contributed by atoms with E-state index >= 15 is 0 Å². The van der Waals surface area contributed by atoms with Gasteiger partial charge in [0, 0.05) is 23.5 Å². The second-order valence-electron chi connectivity index (χ2n) is 9.29. The van der Waals surface area contributed by atoms with Crippen LogP contribution >= 0.6 is 34.5 Å². The summed E-state index contributed by atoms with van der Waals surface area (Å²) in [6, 6.07) is 12.6. The number of hydrogen-bond acceptors (Lipinski definition) is 5. The number of benzene rings is 2. The Bertz CT molecular complexity index is 1280. The van der Waals surface area contributed by atoms with Crippen LogP contribution in [0.4, 0.5) is 0 Å². The van der Waals surface area contributed by atoms with E-state index in [2.05, 4.69) is 13.8 Å². The molecule has 0 bridgehead atoms. The van der Waals surface area contributed by atoms with E-state index in [1.165, 1.54) is 0 Å². The Labute approximate surface area is 231 Å². The maximum absolute atomic E-state index is 13.8. The Morgan fingerprint density at radius 3 is 2.49 bits per heavy atom. The molecule has 0 aliphatic carbocycles. The maximum Gasteiger partial charge on any atom is 0.254 e. The van der Waals surface area contributed by atoms with Gasteiger partial charge in [0.2, 0.25) is 12.7 Å². The number of thiophene rings is 1. The number of ether oxygens (including phenoxy) is 2. The van der Waals surface area contributed by atoms with E-state index < -0.39 is 0 Å². The molecule has 0 N–H and O–H groups in total. The fourth-order valence-electron chi connectivity index (χ4n) is 4.03. The molecule has 2 aromatic carbocycles. The molecular formula is C28H30Cl2N2O4S. The Morgan fingerprint density at radius 1 is 1.00 bits per heavy atom. The molecule has 0 saturated carbocycles. The topological polar surface area (TPSA) is 59.1 Å². The Morgan fingerprint density at radius 2 is 1.78 bits per heavy atom. The van der Waals surface area contributed by atoms with Gasteiger partial charge in [0.1, 0.15) is 6.54 Å². The van der Waals surface area contributed by atoms with Gasteiger partial charge in [-0.1, -0.05) is 49.5 Å². The van der Waals surface area contributed by atoms with Crippen LogP contribution in [0, 0.1) is 12.8 Å². The quantitative estimate of drug-likeness (QED) is 0.273. The van der Waals surface area contributed by atoms with Crippen molar-refractivity contribution in [2.45, 2.75) is 40.3 Å². The highest BCUT2D eigenvalue weighted by atomic mass is 35.5. The summed E-state index contributed by atoms with van der Waals surface area (Å²) in [5.41, 5.74) is 2.47. The van der Waals surface area contributed by atoms with Gasteiger partial charge in [-0.2, -0.15) is 0 Å². The molecule has 2 amide bonds.